The van der Waals surface area contributed by atoms with Crippen LogP contribution in [0.2, 0.25) is 10.0 Å². The molecule has 0 radical (unpaired) electrons. The largest absolute Gasteiger partial charge is 0.378 e. The molecule has 1 aromatic heterocycles. The van der Waals surface area contributed by atoms with Gasteiger partial charge in [-0.15, -0.1) is 0 Å². The van der Waals surface area contributed by atoms with Crippen LogP contribution in [0.15, 0.2) is 41.5 Å². The summed E-state index contributed by atoms with van der Waals surface area (Å²) in [5.74, 6) is 1.29. The molecule has 0 spiro atoms. The highest BCUT2D eigenvalue weighted by atomic mass is 35.5. The molecule has 2 aromatic rings. The summed E-state index contributed by atoms with van der Waals surface area (Å²) in [4.78, 5) is 11.2. The minimum Gasteiger partial charge on any atom is -0.378 e. The molecule has 0 saturated carbocycles. The van der Waals surface area contributed by atoms with Gasteiger partial charge < -0.3 is 20.7 Å². The van der Waals surface area contributed by atoms with Crippen molar-refractivity contribution >= 4 is 35.0 Å². The Bertz CT molecular complexity index is 808. The Hall–Kier alpha value is -2.02. The average Bonchev–Trinajstić information content (AvgIpc) is 2.67. The Morgan fingerprint density at radius 1 is 1.33 bits per heavy atom. The zero-order valence-corrected chi connectivity index (χ0v) is 16.7. The average molecular weight is 408 g/mol. The molecule has 1 aromatic carbocycles. The predicted octanol–water partition coefficient (Wildman–Crippen LogP) is 3.39. The minimum absolute atomic E-state index is 0.0915. The SMILES string of the molecule is CC(NC(N)=NCc1cccnc1N1CCOCC1)c1ccc(Cl)cc1Cl. The van der Waals surface area contributed by atoms with E-state index in [0.29, 0.717) is 35.8 Å². The van der Waals surface area contributed by atoms with Gasteiger partial charge in [-0.1, -0.05) is 35.3 Å². The Morgan fingerprint density at radius 2 is 2.11 bits per heavy atom. The van der Waals surface area contributed by atoms with E-state index < -0.39 is 0 Å². The molecule has 0 amide bonds. The quantitative estimate of drug-likeness (QED) is 0.586. The van der Waals surface area contributed by atoms with Crippen LogP contribution in [0, 0.1) is 0 Å². The van der Waals surface area contributed by atoms with Crippen LogP contribution in [-0.2, 0) is 11.3 Å². The molecule has 1 saturated heterocycles. The first kappa shape index (κ1) is 19.7. The van der Waals surface area contributed by atoms with Gasteiger partial charge in [-0.2, -0.15) is 0 Å². The molecule has 0 bridgehead atoms. The first-order valence-corrected chi connectivity index (χ1v) is 9.58. The maximum absolute atomic E-state index is 6.26. The van der Waals surface area contributed by atoms with Gasteiger partial charge >= 0.3 is 0 Å². The molecule has 1 atom stereocenters. The number of pyridine rings is 1. The molecule has 1 aliphatic heterocycles. The van der Waals surface area contributed by atoms with Gasteiger partial charge in [0.25, 0.3) is 0 Å². The van der Waals surface area contributed by atoms with Crippen molar-refractivity contribution in [3.8, 4) is 0 Å². The van der Waals surface area contributed by atoms with E-state index in [1.54, 1.807) is 18.3 Å². The summed E-state index contributed by atoms with van der Waals surface area (Å²) < 4.78 is 5.42. The summed E-state index contributed by atoms with van der Waals surface area (Å²) in [5.41, 5.74) is 8.02. The van der Waals surface area contributed by atoms with E-state index in [1.165, 1.54) is 0 Å². The summed E-state index contributed by atoms with van der Waals surface area (Å²) in [6.07, 6.45) is 1.80. The van der Waals surface area contributed by atoms with Crippen LogP contribution in [0.25, 0.3) is 0 Å². The number of aliphatic imine (C=N–C) groups is 1. The number of ether oxygens (including phenoxy) is 1. The number of rotatable bonds is 5. The van der Waals surface area contributed by atoms with Crippen LogP contribution in [0.4, 0.5) is 5.82 Å². The van der Waals surface area contributed by atoms with Crippen molar-refractivity contribution in [3.05, 3.63) is 57.7 Å². The van der Waals surface area contributed by atoms with Gasteiger partial charge in [0, 0.05) is 34.9 Å². The third-order valence-electron chi connectivity index (χ3n) is 4.39. The van der Waals surface area contributed by atoms with Gasteiger partial charge in [-0.05, 0) is 30.7 Å². The second-order valence-electron chi connectivity index (χ2n) is 6.32. The number of morpholine rings is 1. The molecule has 3 N–H and O–H groups in total. The summed E-state index contributed by atoms with van der Waals surface area (Å²) in [6, 6.07) is 9.24. The molecule has 27 heavy (non-hydrogen) atoms. The van der Waals surface area contributed by atoms with E-state index in [1.807, 2.05) is 25.1 Å². The van der Waals surface area contributed by atoms with Crippen molar-refractivity contribution in [2.45, 2.75) is 19.5 Å². The van der Waals surface area contributed by atoms with Crippen molar-refractivity contribution < 1.29 is 4.74 Å². The fourth-order valence-corrected chi connectivity index (χ4v) is 3.55. The summed E-state index contributed by atoms with van der Waals surface area (Å²) >= 11 is 12.2. The van der Waals surface area contributed by atoms with E-state index in [2.05, 4.69) is 20.2 Å². The minimum atomic E-state index is -0.0915. The number of nitrogens with zero attached hydrogens (tertiary/aromatic N) is 3. The number of anilines is 1. The predicted molar refractivity (Wildman–Crippen MR) is 111 cm³/mol. The van der Waals surface area contributed by atoms with Crippen LogP contribution < -0.4 is 16.0 Å². The maximum Gasteiger partial charge on any atom is 0.189 e. The monoisotopic (exact) mass is 407 g/mol. The maximum atomic E-state index is 6.26. The normalized spacial score (nSPS) is 16.3. The molecule has 144 valence electrons. The van der Waals surface area contributed by atoms with Gasteiger partial charge in [0.15, 0.2) is 5.96 Å². The van der Waals surface area contributed by atoms with E-state index in [9.17, 15) is 0 Å². The Labute approximate surface area is 169 Å². The third kappa shape index (κ3) is 5.25. The lowest BCUT2D eigenvalue weighted by molar-refractivity contribution is 0.122. The Kier molecular flexibility index (Phi) is 6.77. The highest BCUT2D eigenvalue weighted by Crippen LogP contribution is 2.26. The molecule has 0 aliphatic carbocycles. The van der Waals surface area contributed by atoms with Crippen molar-refractivity contribution in [1.82, 2.24) is 10.3 Å². The Morgan fingerprint density at radius 3 is 2.85 bits per heavy atom. The van der Waals surface area contributed by atoms with Crippen LogP contribution in [0.1, 0.15) is 24.1 Å². The van der Waals surface area contributed by atoms with Crippen LogP contribution in [0.5, 0.6) is 0 Å². The van der Waals surface area contributed by atoms with Crippen molar-refractivity contribution in [2.24, 2.45) is 10.7 Å². The number of nitrogens with two attached hydrogens (primary N) is 1. The zero-order chi connectivity index (χ0) is 19.2. The van der Waals surface area contributed by atoms with Gasteiger partial charge in [0.1, 0.15) is 5.82 Å². The third-order valence-corrected chi connectivity index (χ3v) is 4.95. The molecule has 1 aliphatic rings. The molecular formula is C19H23Cl2N5O. The molecule has 6 nitrogen and oxygen atoms in total. The number of halogens is 2. The van der Waals surface area contributed by atoms with Gasteiger partial charge in [0.2, 0.25) is 0 Å². The molecular weight excluding hydrogens is 385 g/mol. The van der Waals surface area contributed by atoms with Crippen molar-refractivity contribution in [2.75, 3.05) is 31.2 Å². The number of benzene rings is 1. The van der Waals surface area contributed by atoms with Gasteiger partial charge in [-0.3, -0.25) is 0 Å². The van der Waals surface area contributed by atoms with Crippen molar-refractivity contribution in [1.29, 1.82) is 0 Å². The fourth-order valence-electron chi connectivity index (χ4n) is 2.98. The topological polar surface area (TPSA) is 75.8 Å². The van der Waals surface area contributed by atoms with E-state index >= 15 is 0 Å². The number of guanidine groups is 1. The molecule has 1 fully saturated rings. The van der Waals surface area contributed by atoms with Gasteiger partial charge in [0.05, 0.1) is 25.8 Å². The number of hydrogen-bond donors (Lipinski definition) is 2. The molecule has 1 unspecified atom stereocenters. The highest BCUT2D eigenvalue weighted by Gasteiger charge is 2.16. The fraction of sp³-hybridized carbons (Fsp3) is 0.368. The summed E-state index contributed by atoms with van der Waals surface area (Å²) in [5, 5.41) is 4.37. The van der Waals surface area contributed by atoms with Crippen LogP contribution >= 0.6 is 23.2 Å². The molecule has 2 heterocycles. The summed E-state index contributed by atoms with van der Waals surface area (Å²) in [6.45, 7) is 5.49. The first-order chi connectivity index (χ1) is 13.0. The Balaban J connectivity index is 1.67. The second kappa shape index (κ2) is 9.26. The van der Waals surface area contributed by atoms with E-state index in [0.717, 1.165) is 30.0 Å². The number of aromatic nitrogens is 1. The smallest absolute Gasteiger partial charge is 0.189 e. The standard InChI is InChI=1S/C19H23Cl2N5O/c1-13(16-5-4-15(20)11-17(16)21)25-19(22)24-12-14-3-2-6-23-18(14)26-7-9-27-10-8-26/h2-6,11,13H,7-10,12H2,1H3,(H3,22,24,25). The van der Waals surface area contributed by atoms with Crippen molar-refractivity contribution in [3.63, 3.8) is 0 Å². The lowest BCUT2D eigenvalue weighted by Crippen LogP contribution is -2.37. The second-order valence-corrected chi connectivity index (χ2v) is 7.16. The molecule has 3 rings (SSSR count). The van der Waals surface area contributed by atoms with Crippen LogP contribution in [-0.4, -0.2) is 37.2 Å². The summed E-state index contributed by atoms with van der Waals surface area (Å²) in [7, 11) is 0. The number of hydrogen-bond acceptors (Lipinski definition) is 4. The highest BCUT2D eigenvalue weighted by molar-refractivity contribution is 6.35. The molecule has 8 heteroatoms. The van der Waals surface area contributed by atoms with Crippen LogP contribution in [0.3, 0.4) is 0 Å². The lowest BCUT2D eigenvalue weighted by atomic mass is 10.1. The first-order valence-electron chi connectivity index (χ1n) is 8.82. The van der Waals surface area contributed by atoms with Gasteiger partial charge in [-0.25, -0.2) is 9.98 Å². The van der Waals surface area contributed by atoms with E-state index in [-0.39, 0.29) is 6.04 Å². The number of nitrogens with one attached hydrogen (secondary N) is 1. The zero-order valence-electron chi connectivity index (χ0n) is 15.2. The van der Waals surface area contributed by atoms with E-state index in [4.69, 9.17) is 33.7 Å². The lowest BCUT2D eigenvalue weighted by Gasteiger charge is -2.29.